The van der Waals surface area contributed by atoms with Gasteiger partial charge in [0.15, 0.2) is 0 Å². The molecule has 1 aromatic heterocycles. The van der Waals surface area contributed by atoms with E-state index >= 15 is 0 Å². The molecule has 0 radical (unpaired) electrons. The van der Waals surface area contributed by atoms with Gasteiger partial charge in [0.25, 0.3) is 0 Å². The smallest absolute Gasteiger partial charge is 0.107 e. The predicted octanol–water partition coefficient (Wildman–Crippen LogP) is 2.36. The van der Waals surface area contributed by atoms with Gasteiger partial charge in [0, 0.05) is 31.9 Å². The van der Waals surface area contributed by atoms with Gasteiger partial charge in [-0.25, -0.2) is 4.98 Å². The lowest BCUT2D eigenvalue weighted by atomic mass is 10.1. The summed E-state index contributed by atoms with van der Waals surface area (Å²) in [5.74, 6) is 1.04. The van der Waals surface area contributed by atoms with Crippen molar-refractivity contribution >= 4 is 0 Å². The molecule has 0 bridgehead atoms. The number of benzene rings is 1. The maximum absolute atomic E-state index is 4.19. The zero-order valence-corrected chi connectivity index (χ0v) is 10.5. The van der Waals surface area contributed by atoms with E-state index in [-0.39, 0.29) is 0 Å². The van der Waals surface area contributed by atoms with Crippen molar-refractivity contribution in [1.29, 1.82) is 0 Å². The van der Waals surface area contributed by atoms with Crippen LogP contribution in [0.15, 0.2) is 30.6 Å². The van der Waals surface area contributed by atoms with E-state index in [1.807, 2.05) is 6.20 Å². The average Bonchev–Trinajstić information content (AvgIpc) is 2.79. The van der Waals surface area contributed by atoms with Gasteiger partial charge in [-0.2, -0.15) is 0 Å². The Balaban J connectivity index is 1.78. The van der Waals surface area contributed by atoms with Gasteiger partial charge < -0.3 is 10.3 Å². The van der Waals surface area contributed by atoms with Gasteiger partial charge in [0.1, 0.15) is 5.82 Å². The van der Waals surface area contributed by atoms with Crippen molar-refractivity contribution in [2.24, 2.45) is 0 Å². The molecule has 0 saturated carbocycles. The summed E-state index contributed by atoms with van der Waals surface area (Å²) in [5.41, 5.74) is 4.05. The Hall–Kier alpha value is -1.61. The molecule has 0 unspecified atom stereocenters. The topological polar surface area (TPSA) is 40.7 Å². The third kappa shape index (κ3) is 3.43. The van der Waals surface area contributed by atoms with Gasteiger partial charge >= 0.3 is 0 Å². The fraction of sp³-hybridized carbons (Fsp3) is 0.357. The molecule has 2 rings (SSSR count). The normalized spacial score (nSPS) is 10.7. The minimum Gasteiger partial charge on any atom is -0.349 e. The van der Waals surface area contributed by atoms with Gasteiger partial charge in [-0.15, -0.1) is 0 Å². The Morgan fingerprint density at radius 1 is 1.29 bits per heavy atom. The first-order valence-corrected chi connectivity index (χ1v) is 6.01. The Morgan fingerprint density at radius 2 is 2.18 bits per heavy atom. The zero-order chi connectivity index (χ0) is 12.1. The number of H-pyrrole nitrogens is 1. The highest BCUT2D eigenvalue weighted by molar-refractivity contribution is 5.30. The molecule has 0 saturated heterocycles. The second kappa shape index (κ2) is 5.64. The lowest BCUT2D eigenvalue weighted by molar-refractivity contribution is 0.672. The van der Waals surface area contributed by atoms with E-state index in [9.17, 15) is 0 Å². The van der Waals surface area contributed by atoms with Gasteiger partial charge in [-0.3, -0.25) is 0 Å². The largest absolute Gasteiger partial charge is 0.349 e. The van der Waals surface area contributed by atoms with Crippen molar-refractivity contribution in [3.63, 3.8) is 0 Å². The molecule has 3 nitrogen and oxygen atoms in total. The predicted molar refractivity (Wildman–Crippen MR) is 69.9 cm³/mol. The van der Waals surface area contributed by atoms with Gasteiger partial charge in [-0.1, -0.05) is 23.8 Å². The van der Waals surface area contributed by atoms with Crippen LogP contribution in [-0.4, -0.2) is 16.5 Å². The number of nitrogens with zero attached hydrogens (tertiary/aromatic N) is 1. The van der Waals surface area contributed by atoms with E-state index < -0.39 is 0 Å². The lowest BCUT2D eigenvalue weighted by Gasteiger charge is -2.08. The molecule has 1 heterocycles. The molecule has 17 heavy (non-hydrogen) atoms. The molecule has 1 aromatic carbocycles. The molecule has 2 N–H and O–H groups in total. The minimum atomic E-state index is 0.923. The van der Waals surface area contributed by atoms with Crippen LogP contribution >= 0.6 is 0 Å². The van der Waals surface area contributed by atoms with E-state index in [1.54, 1.807) is 6.20 Å². The van der Waals surface area contributed by atoms with E-state index in [1.165, 1.54) is 16.7 Å². The van der Waals surface area contributed by atoms with Crippen LogP contribution in [-0.2, 0) is 13.0 Å². The molecule has 0 amide bonds. The number of rotatable bonds is 5. The van der Waals surface area contributed by atoms with Crippen molar-refractivity contribution in [3.8, 4) is 0 Å². The minimum absolute atomic E-state index is 0.923. The van der Waals surface area contributed by atoms with Gasteiger partial charge in [0.05, 0.1) is 0 Å². The number of hydrogen-bond acceptors (Lipinski definition) is 2. The summed E-state index contributed by atoms with van der Waals surface area (Å²) in [5, 5.41) is 3.44. The second-order valence-corrected chi connectivity index (χ2v) is 4.39. The Bertz CT molecular complexity index is 460. The molecule has 0 aliphatic carbocycles. The first-order chi connectivity index (χ1) is 8.25. The van der Waals surface area contributed by atoms with E-state index in [4.69, 9.17) is 0 Å². The number of nitrogens with one attached hydrogen (secondary N) is 2. The van der Waals surface area contributed by atoms with Gasteiger partial charge in [0.2, 0.25) is 0 Å². The molecule has 90 valence electrons. The maximum Gasteiger partial charge on any atom is 0.107 e. The van der Waals surface area contributed by atoms with Crippen LogP contribution in [0, 0.1) is 13.8 Å². The van der Waals surface area contributed by atoms with Crippen LogP contribution in [0.3, 0.4) is 0 Å². The third-order valence-electron chi connectivity index (χ3n) is 2.91. The molecule has 0 fully saturated rings. The summed E-state index contributed by atoms with van der Waals surface area (Å²) in [6, 6.07) is 6.59. The first kappa shape index (κ1) is 11.9. The molecule has 2 aromatic rings. The molecular weight excluding hydrogens is 210 g/mol. The highest BCUT2D eigenvalue weighted by Gasteiger charge is 1.99. The number of aromatic nitrogens is 2. The lowest BCUT2D eigenvalue weighted by Crippen LogP contribution is -2.17. The monoisotopic (exact) mass is 229 g/mol. The van der Waals surface area contributed by atoms with Crippen LogP contribution in [0.4, 0.5) is 0 Å². The summed E-state index contributed by atoms with van der Waals surface area (Å²) in [4.78, 5) is 7.30. The van der Waals surface area contributed by atoms with E-state index in [0.717, 1.165) is 25.3 Å². The maximum atomic E-state index is 4.19. The molecule has 0 aliphatic heterocycles. The third-order valence-corrected chi connectivity index (χ3v) is 2.91. The zero-order valence-electron chi connectivity index (χ0n) is 10.5. The van der Waals surface area contributed by atoms with Crippen molar-refractivity contribution in [3.05, 3.63) is 53.1 Å². The van der Waals surface area contributed by atoms with E-state index in [0.29, 0.717) is 0 Å². The van der Waals surface area contributed by atoms with Crippen LogP contribution in [0.5, 0.6) is 0 Å². The van der Waals surface area contributed by atoms with Crippen molar-refractivity contribution in [2.45, 2.75) is 26.8 Å². The van der Waals surface area contributed by atoms with Gasteiger partial charge in [-0.05, 0) is 25.0 Å². The number of hydrogen-bond donors (Lipinski definition) is 2. The average molecular weight is 229 g/mol. The fourth-order valence-electron chi connectivity index (χ4n) is 1.91. The molecule has 0 spiro atoms. The van der Waals surface area contributed by atoms with Crippen LogP contribution in [0.1, 0.15) is 22.5 Å². The number of aromatic amines is 1. The summed E-state index contributed by atoms with van der Waals surface area (Å²) in [6.07, 6.45) is 4.59. The second-order valence-electron chi connectivity index (χ2n) is 4.39. The number of aryl methyl sites for hydroxylation is 2. The Morgan fingerprint density at radius 3 is 2.88 bits per heavy atom. The highest BCUT2D eigenvalue weighted by Crippen LogP contribution is 2.09. The van der Waals surface area contributed by atoms with Crippen molar-refractivity contribution in [1.82, 2.24) is 15.3 Å². The summed E-state index contributed by atoms with van der Waals surface area (Å²) in [7, 11) is 0. The quantitative estimate of drug-likeness (QED) is 0.773. The Kier molecular flexibility index (Phi) is 3.94. The molecule has 0 atom stereocenters. The van der Waals surface area contributed by atoms with Crippen LogP contribution in [0.2, 0.25) is 0 Å². The van der Waals surface area contributed by atoms with Crippen LogP contribution < -0.4 is 5.32 Å². The summed E-state index contributed by atoms with van der Waals surface area (Å²) < 4.78 is 0. The SMILES string of the molecule is Cc1ccc(CNCCc2ncc[nH]2)c(C)c1. The standard InChI is InChI=1S/C14H19N3/c1-11-3-4-13(12(2)9-11)10-15-6-5-14-16-7-8-17-14/h3-4,7-9,15H,5-6,10H2,1-2H3,(H,16,17). The first-order valence-electron chi connectivity index (χ1n) is 6.01. The molecule has 0 aliphatic rings. The van der Waals surface area contributed by atoms with Crippen molar-refractivity contribution in [2.75, 3.05) is 6.54 Å². The number of imidazole rings is 1. The van der Waals surface area contributed by atoms with Crippen molar-refractivity contribution < 1.29 is 0 Å². The molecular formula is C14H19N3. The molecule has 3 heteroatoms. The fourth-order valence-corrected chi connectivity index (χ4v) is 1.91. The summed E-state index contributed by atoms with van der Waals surface area (Å²) >= 11 is 0. The van der Waals surface area contributed by atoms with E-state index in [2.05, 4.69) is 47.3 Å². The Labute approximate surface area is 102 Å². The highest BCUT2D eigenvalue weighted by atomic mass is 14.9. The van der Waals surface area contributed by atoms with Crippen LogP contribution in [0.25, 0.3) is 0 Å². The summed E-state index contributed by atoms with van der Waals surface area (Å²) in [6.45, 7) is 6.16.